The number of aromatic nitrogens is 2. The molecule has 0 spiro atoms. The van der Waals surface area contributed by atoms with Gasteiger partial charge in [-0.15, -0.1) is 0 Å². The number of hydrogen-bond acceptors (Lipinski definition) is 8. The molecule has 1 fully saturated rings. The fraction of sp³-hybridized carbons (Fsp3) is 0.360. The standard InChI is InChI=1S/C25H28FN5O7S/c1-15(2)29-39(35,36)22-13-19(31(33)34)10-11-21(22)38-25-16(3)23(24(32)27-14-20-5-4-12-37-20)28-30(25)18-8-6-17(26)7-9-18/h6-11,13,15,20,29H,4-5,12,14H2,1-3H3,(H,27,32)/t20-/m1/s1. The van der Waals surface area contributed by atoms with Crippen molar-refractivity contribution in [3.8, 4) is 17.3 Å². The zero-order chi connectivity index (χ0) is 28.3. The van der Waals surface area contributed by atoms with Crippen molar-refractivity contribution in [3.05, 3.63) is 69.7 Å². The van der Waals surface area contributed by atoms with E-state index in [0.717, 1.165) is 31.0 Å². The number of nitrogens with zero attached hydrogens (tertiary/aromatic N) is 3. The number of hydrogen-bond donors (Lipinski definition) is 2. The van der Waals surface area contributed by atoms with Crippen molar-refractivity contribution in [2.24, 2.45) is 0 Å². The van der Waals surface area contributed by atoms with Gasteiger partial charge in [0, 0.05) is 36.9 Å². The maximum atomic E-state index is 13.6. The number of carbonyl (C=O) groups excluding carboxylic acids is 1. The first kappa shape index (κ1) is 28.1. The predicted octanol–water partition coefficient (Wildman–Crippen LogP) is 3.62. The Morgan fingerprint density at radius 2 is 2.00 bits per heavy atom. The SMILES string of the molecule is Cc1c(C(=O)NC[C@H]2CCCO2)nn(-c2ccc(F)cc2)c1Oc1ccc([N+](=O)[O-])cc1S(=O)(=O)NC(C)C. The normalized spacial score (nSPS) is 15.5. The second-order valence-corrected chi connectivity index (χ2v) is 11.0. The van der Waals surface area contributed by atoms with Crippen molar-refractivity contribution < 1.29 is 32.0 Å². The van der Waals surface area contributed by atoms with E-state index in [1.54, 1.807) is 20.8 Å². The van der Waals surface area contributed by atoms with Gasteiger partial charge in [-0.05, 0) is 63.9 Å². The minimum atomic E-state index is -4.24. The molecule has 12 nitrogen and oxygen atoms in total. The Kier molecular flexibility index (Phi) is 8.28. The van der Waals surface area contributed by atoms with Crippen LogP contribution in [0, 0.1) is 22.9 Å². The molecule has 1 saturated heterocycles. The first-order valence-corrected chi connectivity index (χ1v) is 13.7. The molecule has 2 heterocycles. The van der Waals surface area contributed by atoms with Gasteiger partial charge in [0.25, 0.3) is 11.6 Å². The van der Waals surface area contributed by atoms with E-state index in [-0.39, 0.29) is 35.5 Å². The number of sulfonamides is 1. The predicted molar refractivity (Wildman–Crippen MR) is 138 cm³/mol. The Labute approximate surface area is 224 Å². The van der Waals surface area contributed by atoms with Crippen molar-refractivity contribution in [2.45, 2.75) is 50.7 Å². The molecule has 1 aliphatic rings. The van der Waals surface area contributed by atoms with E-state index in [1.165, 1.54) is 28.9 Å². The van der Waals surface area contributed by atoms with Gasteiger partial charge in [0.1, 0.15) is 16.5 Å². The summed E-state index contributed by atoms with van der Waals surface area (Å²) >= 11 is 0. The number of nitro groups is 1. The number of amides is 1. The Hall–Kier alpha value is -3.88. The Balaban J connectivity index is 1.79. The molecular formula is C25H28FN5O7S. The van der Waals surface area contributed by atoms with Crippen LogP contribution in [0.3, 0.4) is 0 Å². The van der Waals surface area contributed by atoms with Gasteiger partial charge >= 0.3 is 0 Å². The van der Waals surface area contributed by atoms with E-state index in [4.69, 9.17) is 9.47 Å². The third-order valence-corrected chi connectivity index (χ3v) is 7.57. The molecule has 4 rings (SSSR count). The topological polar surface area (TPSA) is 155 Å². The van der Waals surface area contributed by atoms with Gasteiger partial charge in [-0.3, -0.25) is 14.9 Å². The monoisotopic (exact) mass is 561 g/mol. The lowest BCUT2D eigenvalue weighted by Crippen LogP contribution is -2.32. The summed E-state index contributed by atoms with van der Waals surface area (Å²) in [5.41, 5.74) is 0.144. The van der Waals surface area contributed by atoms with Gasteiger partial charge in [-0.2, -0.15) is 9.78 Å². The number of halogens is 1. The van der Waals surface area contributed by atoms with E-state index in [0.29, 0.717) is 12.3 Å². The van der Waals surface area contributed by atoms with E-state index < -0.39 is 43.3 Å². The van der Waals surface area contributed by atoms with Gasteiger partial charge in [-0.1, -0.05) is 0 Å². The Bertz CT molecular complexity index is 1480. The van der Waals surface area contributed by atoms with Crippen molar-refractivity contribution in [2.75, 3.05) is 13.2 Å². The number of nitrogens with one attached hydrogen (secondary N) is 2. The van der Waals surface area contributed by atoms with Gasteiger partial charge in [0.2, 0.25) is 15.9 Å². The molecule has 1 atom stereocenters. The molecule has 0 unspecified atom stereocenters. The van der Waals surface area contributed by atoms with Crippen LogP contribution in [0.25, 0.3) is 5.69 Å². The third kappa shape index (κ3) is 6.41. The molecule has 0 aliphatic carbocycles. The molecule has 1 aliphatic heterocycles. The second kappa shape index (κ2) is 11.5. The van der Waals surface area contributed by atoms with Gasteiger partial charge < -0.3 is 14.8 Å². The van der Waals surface area contributed by atoms with Crippen LogP contribution in [-0.2, 0) is 14.8 Å². The summed E-state index contributed by atoms with van der Waals surface area (Å²) in [4.78, 5) is 23.2. The largest absolute Gasteiger partial charge is 0.437 e. The van der Waals surface area contributed by atoms with Gasteiger partial charge in [-0.25, -0.2) is 17.5 Å². The maximum Gasteiger partial charge on any atom is 0.272 e. The van der Waals surface area contributed by atoms with Crippen LogP contribution in [0.5, 0.6) is 11.6 Å². The highest BCUT2D eigenvalue weighted by molar-refractivity contribution is 7.89. The summed E-state index contributed by atoms with van der Waals surface area (Å²) in [6.07, 6.45) is 1.62. The third-order valence-electron chi connectivity index (χ3n) is 5.89. The molecule has 208 valence electrons. The van der Waals surface area contributed by atoms with Crippen molar-refractivity contribution >= 4 is 21.6 Å². The summed E-state index contributed by atoms with van der Waals surface area (Å²) in [5, 5.41) is 18.5. The van der Waals surface area contributed by atoms with Crippen LogP contribution in [-0.4, -0.2) is 54.3 Å². The number of ether oxygens (including phenoxy) is 2. The maximum absolute atomic E-state index is 13.6. The summed E-state index contributed by atoms with van der Waals surface area (Å²) in [6, 6.07) is 7.87. The lowest BCUT2D eigenvalue weighted by Gasteiger charge is -2.15. The first-order valence-electron chi connectivity index (χ1n) is 12.2. The van der Waals surface area contributed by atoms with Crippen LogP contribution in [0.2, 0.25) is 0 Å². The van der Waals surface area contributed by atoms with E-state index in [9.17, 15) is 27.7 Å². The molecular weight excluding hydrogens is 533 g/mol. The summed E-state index contributed by atoms with van der Waals surface area (Å²) < 4.78 is 55.0. The fourth-order valence-corrected chi connectivity index (χ4v) is 5.45. The number of rotatable bonds is 10. The van der Waals surface area contributed by atoms with Gasteiger partial charge in [0.15, 0.2) is 5.69 Å². The Morgan fingerprint density at radius 1 is 1.28 bits per heavy atom. The molecule has 2 aromatic carbocycles. The van der Waals surface area contributed by atoms with Crippen LogP contribution >= 0.6 is 0 Å². The van der Waals surface area contributed by atoms with E-state index in [1.807, 2.05) is 0 Å². The molecule has 1 aromatic heterocycles. The van der Waals surface area contributed by atoms with Crippen molar-refractivity contribution in [1.82, 2.24) is 19.8 Å². The highest BCUT2D eigenvalue weighted by Crippen LogP contribution is 2.35. The molecule has 0 bridgehead atoms. The van der Waals surface area contributed by atoms with Crippen molar-refractivity contribution in [3.63, 3.8) is 0 Å². The lowest BCUT2D eigenvalue weighted by molar-refractivity contribution is -0.385. The Morgan fingerprint density at radius 3 is 2.62 bits per heavy atom. The molecule has 0 saturated carbocycles. The summed E-state index contributed by atoms with van der Waals surface area (Å²) in [7, 11) is -4.24. The average molecular weight is 562 g/mol. The van der Waals surface area contributed by atoms with Crippen molar-refractivity contribution in [1.29, 1.82) is 0 Å². The summed E-state index contributed by atoms with van der Waals surface area (Å²) in [5.74, 6) is -1.26. The second-order valence-electron chi connectivity index (χ2n) is 9.28. The number of benzene rings is 2. The first-order chi connectivity index (χ1) is 18.5. The molecule has 0 radical (unpaired) electrons. The number of nitro benzene ring substituents is 1. The lowest BCUT2D eigenvalue weighted by atomic mass is 10.2. The average Bonchev–Trinajstić information content (AvgIpc) is 3.51. The molecule has 14 heteroatoms. The van der Waals surface area contributed by atoms with Crippen LogP contribution in [0.4, 0.5) is 10.1 Å². The fourth-order valence-electron chi connectivity index (χ4n) is 4.05. The van der Waals surface area contributed by atoms with E-state index in [2.05, 4.69) is 15.1 Å². The minimum absolute atomic E-state index is 0.000976. The highest BCUT2D eigenvalue weighted by atomic mass is 32.2. The minimum Gasteiger partial charge on any atom is -0.437 e. The zero-order valence-corrected chi connectivity index (χ0v) is 22.3. The number of non-ortho nitro benzene ring substituents is 1. The van der Waals surface area contributed by atoms with Crippen LogP contribution in [0.15, 0.2) is 47.4 Å². The van der Waals surface area contributed by atoms with Gasteiger partial charge in [0.05, 0.1) is 16.7 Å². The molecule has 1 amide bonds. The quantitative estimate of drug-likeness (QED) is 0.281. The number of carbonyl (C=O) groups is 1. The molecule has 2 N–H and O–H groups in total. The van der Waals surface area contributed by atoms with Crippen LogP contribution < -0.4 is 14.8 Å². The molecule has 3 aromatic rings. The highest BCUT2D eigenvalue weighted by Gasteiger charge is 2.28. The van der Waals surface area contributed by atoms with Crippen LogP contribution in [0.1, 0.15) is 42.7 Å². The zero-order valence-electron chi connectivity index (χ0n) is 21.5. The summed E-state index contributed by atoms with van der Waals surface area (Å²) in [6.45, 7) is 5.68. The van der Waals surface area contributed by atoms with E-state index >= 15 is 0 Å². The molecule has 39 heavy (non-hydrogen) atoms. The smallest absolute Gasteiger partial charge is 0.272 e.